The van der Waals surface area contributed by atoms with E-state index in [0.717, 1.165) is 73.6 Å². The zero-order valence-corrected chi connectivity index (χ0v) is 29.7. The Kier molecular flexibility index (Phi) is 10.6. The van der Waals surface area contributed by atoms with Gasteiger partial charge in [0.25, 0.3) is 0 Å². The zero-order chi connectivity index (χ0) is 34.8. The fourth-order valence-electron chi connectivity index (χ4n) is 7.34. The van der Waals surface area contributed by atoms with E-state index in [9.17, 15) is 24.3 Å². The minimum absolute atomic E-state index is 0.0685. The first kappa shape index (κ1) is 35.3. The normalized spacial score (nSPS) is 21.6. The summed E-state index contributed by atoms with van der Waals surface area (Å²) < 4.78 is 5.87. The van der Waals surface area contributed by atoms with Crippen molar-refractivity contribution >= 4 is 35.0 Å². The maximum atomic E-state index is 13.9. The molecule has 6 rings (SSSR count). The highest BCUT2D eigenvalue weighted by Gasteiger charge is 2.43. The number of unbranched alkanes of at least 4 members (excludes halogenated alkanes) is 2. The van der Waals surface area contributed by atoms with Crippen LogP contribution in [-0.2, 0) is 32.2 Å². The predicted molar refractivity (Wildman–Crippen MR) is 185 cm³/mol. The summed E-state index contributed by atoms with van der Waals surface area (Å²) >= 11 is 1.56. The molecule has 13 heteroatoms. The second-order valence-electron chi connectivity index (χ2n) is 15.3. The molecule has 0 bridgehead atoms. The topological polar surface area (TPSA) is 153 Å². The monoisotopic (exact) mass is 694 g/mol. The highest BCUT2D eigenvalue weighted by atomic mass is 32.1. The van der Waals surface area contributed by atoms with Gasteiger partial charge in [0.05, 0.1) is 28.6 Å². The van der Waals surface area contributed by atoms with Gasteiger partial charge in [0.2, 0.25) is 23.6 Å². The predicted octanol–water partition coefficient (Wildman–Crippen LogP) is 2.97. The van der Waals surface area contributed by atoms with Crippen LogP contribution in [-0.4, -0.2) is 94.6 Å². The summed E-state index contributed by atoms with van der Waals surface area (Å²) in [6.45, 7) is 9.93. The molecule has 3 atom stereocenters. The molecule has 0 radical (unpaired) electrons. The van der Waals surface area contributed by atoms with Gasteiger partial charge < -0.3 is 35.6 Å². The molecule has 2 aromatic rings. The van der Waals surface area contributed by atoms with Crippen molar-refractivity contribution in [1.29, 1.82) is 0 Å². The van der Waals surface area contributed by atoms with E-state index in [1.54, 1.807) is 16.8 Å². The number of aliphatic hydroxyl groups excluding tert-OH is 1. The van der Waals surface area contributed by atoms with E-state index in [4.69, 9.17) is 4.74 Å². The molecular formula is C36H50N6O6S. The lowest BCUT2D eigenvalue weighted by Gasteiger charge is -2.48. The van der Waals surface area contributed by atoms with Gasteiger partial charge in [-0.15, -0.1) is 11.3 Å². The standard InChI is InChI=1S/C36H50N6O6S/c1-35(2,3)33(40-29(44)7-5-4-6-8-31(46)41-13-11-36(12-14-41)20-37-21-36)34(47)42-18-24(43)17-28(42)39-30(45)16-23-9-10-25-27(15-23)48-19-26-32(25)49-22-38-26/h9-10,15,22,24,28,33,37,43H,4-8,11-14,16-21H2,1-3H3,(H,39,45)(H,40,44)/t24-,28+,33-/m1/s1. The number of aromatic nitrogens is 1. The summed E-state index contributed by atoms with van der Waals surface area (Å²) in [4.78, 5) is 61.7. The van der Waals surface area contributed by atoms with E-state index in [0.29, 0.717) is 30.6 Å². The Morgan fingerprint density at radius 1 is 1.10 bits per heavy atom. The molecule has 3 fully saturated rings. The number of aliphatic hydroxyl groups is 1. The maximum absolute atomic E-state index is 13.9. The van der Waals surface area contributed by atoms with Gasteiger partial charge in [-0.05, 0) is 54.2 Å². The number of carbonyl (C=O) groups is 4. The first-order chi connectivity index (χ1) is 23.4. The summed E-state index contributed by atoms with van der Waals surface area (Å²) in [6, 6.07) is 4.86. The summed E-state index contributed by atoms with van der Waals surface area (Å²) in [5.74, 6) is 0.0729. The minimum atomic E-state index is -0.839. The molecule has 4 aliphatic rings. The van der Waals surface area contributed by atoms with E-state index in [2.05, 4.69) is 20.9 Å². The van der Waals surface area contributed by atoms with Crippen molar-refractivity contribution in [2.75, 3.05) is 32.7 Å². The average Bonchev–Trinajstić information content (AvgIpc) is 3.68. The number of rotatable bonds is 11. The lowest BCUT2D eigenvalue weighted by molar-refractivity contribution is -0.141. The van der Waals surface area contributed by atoms with Gasteiger partial charge in [0, 0.05) is 57.5 Å². The highest BCUT2D eigenvalue weighted by molar-refractivity contribution is 7.13. The van der Waals surface area contributed by atoms with Crippen LogP contribution in [0.1, 0.15) is 83.4 Å². The number of nitrogens with one attached hydrogen (secondary N) is 3. The molecule has 0 aliphatic carbocycles. The molecule has 4 amide bonds. The van der Waals surface area contributed by atoms with Crippen molar-refractivity contribution < 1.29 is 29.0 Å². The Bertz CT molecular complexity index is 1540. The number of amides is 4. The van der Waals surface area contributed by atoms with Crippen molar-refractivity contribution in [2.24, 2.45) is 10.8 Å². The van der Waals surface area contributed by atoms with Crippen molar-refractivity contribution in [3.63, 3.8) is 0 Å². The molecule has 1 aromatic heterocycles. The van der Waals surface area contributed by atoms with Crippen LogP contribution >= 0.6 is 11.3 Å². The quantitative estimate of drug-likeness (QED) is 0.262. The van der Waals surface area contributed by atoms with Crippen LogP contribution < -0.4 is 20.7 Å². The van der Waals surface area contributed by atoms with Crippen LogP contribution in [0.15, 0.2) is 23.7 Å². The van der Waals surface area contributed by atoms with Crippen molar-refractivity contribution in [3.8, 4) is 16.2 Å². The fraction of sp³-hybridized carbons (Fsp3) is 0.639. The summed E-state index contributed by atoms with van der Waals surface area (Å²) in [5, 5.41) is 19.8. The Morgan fingerprint density at radius 3 is 2.57 bits per heavy atom. The SMILES string of the molecule is CC(C)(C)[C@H](NC(=O)CCCCCC(=O)N1CCC2(CC1)CNC2)C(=O)N1C[C@H](O)C[C@H]1NC(=O)Cc1ccc2c(c1)OCc1ncsc1-2. The number of hydrogen-bond donors (Lipinski definition) is 4. The van der Waals surface area contributed by atoms with Gasteiger partial charge in [-0.3, -0.25) is 19.2 Å². The second-order valence-corrected chi connectivity index (χ2v) is 16.2. The van der Waals surface area contributed by atoms with Crippen molar-refractivity contribution in [3.05, 3.63) is 35.0 Å². The van der Waals surface area contributed by atoms with Crippen LogP contribution in [0.2, 0.25) is 0 Å². The summed E-state index contributed by atoms with van der Waals surface area (Å²) in [7, 11) is 0. The highest BCUT2D eigenvalue weighted by Crippen LogP contribution is 2.40. The van der Waals surface area contributed by atoms with Gasteiger partial charge >= 0.3 is 0 Å². The zero-order valence-electron chi connectivity index (χ0n) is 28.9. The van der Waals surface area contributed by atoms with Crippen LogP contribution in [0.4, 0.5) is 0 Å². The molecule has 1 aromatic carbocycles. The molecule has 4 N–H and O–H groups in total. The molecule has 4 aliphatic heterocycles. The lowest BCUT2D eigenvalue weighted by atomic mass is 9.73. The van der Waals surface area contributed by atoms with Crippen LogP contribution in [0.5, 0.6) is 5.75 Å². The number of piperidine rings is 1. The van der Waals surface area contributed by atoms with E-state index in [1.807, 2.05) is 43.9 Å². The Balaban J connectivity index is 0.966. The number of ether oxygens (including phenoxy) is 1. The van der Waals surface area contributed by atoms with Gasteiger partial charge in [0.1, 0.15) is 24.6 Å². The Morgan fingerprint density at radius 2 is 1.86 bits per heavy atom. The third kappa shape index (κ3) is 8.26. The van der Waals surface area contributed by atoms with Crippen LogP contribution in [0, 0.1) is 10.8 Å². The number of thiazole rings is 1. The first-order valence-corrected chi connectivity index (χ1v) is 18.5. The van der Waals surface area contributed by atoms with Gasteiger partial charge in [-0.25, -0.2) is 4.98 Å². The number of benzene rings is 1. The van der Waals surface area contributed by atoms with Crippen LogP contribution in [0.25, 0.3) is 10.4 Å². The lowest BCUT2D eigenvalue weighted by Crippen LogP contribution is -2.58. The third-order valence-electron chi connectivity index (χ3n) is 10.4. The molecule has 266 valence electrons. The smallest absolute Gasteiger partial charge is 0.247 e. The molecule has 0 unspecified atom stereocenters. The first-order valence-electron chi connectivity index (χ1n) is 17.6. The van der Waals surface area contributed by atoms with E-state index in [-0.39, 0.29) is 49.4 Å². The molecule has 3 saturated heterocycles. The largest absolute Gasteiger partial charge is 0.487 e. The number of carbonyl (C=O) groups excluding carboxylic acids is 4. The molecule has 5 heterocycles. The van der Waals surface area contributed by atoms with Crippen LogP contribution in [0.3, 0.4) is 0 Å². The average molecular weight is 695 g/mol. The Hall–Kier alpha value is -3.55. The Labute approximate surface area is 292 Å². The minimum Gasteiger partial charge on any atom is -0.487 e. The van der Waals surface area contributed by atoms with E-state index in [1.165, 1.54) is 4.90 Å². The van der Waals surface area contributed by atoms with Gasteiger partial charge in [0.15, 0.2) is 0 Å². The molecular weight excluding hydrogens is 644 g/mol. The number of β-amino-alcohol motifs (C(OH)–C–C–N with tert-alkyl or cyclic N) is 1. The number of nitrogens with zero attached hydrogens (tertiary/aromatic N) is 3. The van der Waals surface area contributed by atoms with E-state index < -0.39 is 23.7 Å². The van der Waals surface area contributed by atoms with Crippen molar-refractivity contribution in [2.45, 2.75) is 103 Å². The second kappa shape index (κ2) is 14.7. The summed E-state index contributed by atoms with van der Waals surface area (Å²) in [6.07, 6.45) is 3.81. The summed E-state index contributed by atoms with van der Waals surface area (Å²) in [5.41, 5.74) is 4.25. The van der Waals surface area contributed by atoms with Gasteiger partial charge in [-0.2, -0.15) is 0 Å². The molecule has 1 spiro atoms. The number of hydrogen-bond acceptors (Lipinski definition) is 9. The third-order valence-corrected chi connectivity index (χ3v) is 11.3. The number of fused-ring (bicyclic) bond motifs is 3. The van der Waals surface area contributed by atoms with E-state index >= 15 is 0 Å². The molecule has 49 heavy (non-hydrogen) atoms. The van der Waals surface area contributed by atoms with Gasteiger partial charge in [-0.1, -0.05) is 33.3 Å². The number of likely N-dealkylation sites (tertiary alicyclic amines) is 2. The molecule has 12 nitrogen and oxygen atoms in total. The fourth-order valence-corrected chi connectivity index (χ4v) is 8.17. The molecule has 0 saturated carbocycles. The van der Waals surface area contributed by atoms with Crippen molar-refractivity contribution in [1.82, 2.24) is 30.7 Å². The maximum Gasteiger partial charge on any atom is 0.247 e.